The topological polar surface area (TPSA) is 43.8 Å². The van der Waals surface area contributed by atoms with Gasteiger partial charge in [-0.05, 0) is 60.0 Å². The normalized spacial score (nSPS) is 17.3. The number of aliphatic hydroxyl groups excluding tert-OH is 1. The van der Waals surface area contributed by atoms with Gasteiger partial charge in [0.1, 0.15) is 0 Å². The van der Waals surface area contributed by atoms with Gasteiger partial charge in [-0.15, -0.1) is 0 Å². The number of anilines is 1. The lowest BCUT2D eigenvalue weighted by Crippen LogP contribution is -2.51. The molecule has 1 aliphatic heterocycles. The fraction of sp³-hybridized carbons (Fsp3) is 0.240. The van der Waals surface area contributed by atoms with Crippen LogP contribution in [-0.2, 0) is 4.79 Å². The number of nitrogens with zero attached hydrogens (tertiary/aromatic N) is 2. The summed E-state index contributed by atoms with van der Waals surface area (Å²) in [5.74, 6) is -0.346. The Morgan fingerprint density at radius 2 is 1.72 bits per heavy atom. The lowest BCUT2D eigenvalue weighted by molar-refractivity contribution is -0.141. The standard InChI is InChI=1S/C25H23Cl3N2O2/c1-16-5-10-22(21(28)13-16)30-12-11-29(15-23(30)17-6-8-19(26)9-7-17)25(32)24(31)18-3-2-4-20(27)14-18/h2-10,13-14,23-24,31H,11-12,15H2,1H3/t23-,24?/m0/s1. The Balaban J connectivity index is 1.64. The van der Waals surface area contributed by atoms with Crippen LogP contribution in [0, 0.1) is 6.92 Å². The minimum absolute atomic E-state index is 0.142. The molecule has 0 aliphatic carbocycles. The number of carbonyl (C=O) groups excluding carboxylic acids is 1. The fourth-order valence-corrected chi connectivity index (χ4v) is 4.75. The van der Waals surface area contributed by atoms with Crippen molar-refractivity contribution in [2.45, 2.75) is 19.1 Å². The number of amides is 1. The maximum atomic E-state index is 13.2. The van der Waals surface area contributed by atoms with Gasteiger partial charge in [0.2, 0.25) is 0 Å². The number of hydrogen-bond acceptors (Lipinski definition) is 3. The molecule has 4 nitrogen and oxygen atoms in total. The minimum atomic E-state index is -1.27. The van der Waals surface area contributed by atoms with Crippen LogP contribution in [0.15, 0.2) is 66.7 Å². The Morgan fingerprint density at radius 3 is 2.41 bits per heavy atom. The highest BCUT2D eigenvalue weighted by molar-refractivity contribution is 6.33. The number of aryl methyl sites for hydroxylation is 1. The highest BCUT2D eigenvalue weighted by Crippen LogP contribution is 2.36. The summed E-state index contributed by atoms with van der Waals surface area (Å²) in [4.78, 5) is 17.1. The molecule has 3 aromatic rings. The first-order valence-corrected chi connectivity index (χ1v) is 11.5. The van der Waals surface area contributed by atoms with Crippen molar-refractivity contribution >= 4 is 46.4 Å². The lowest BCUT2D eigenvalue weighted by atomic mass is 10.00. The van der Waals surface area contributed by atoms with Crippen molar-refractivity contribution < 1.29 is 9.90 Å². The van der Waals surface area contributed by atoms with E-state index in [1.54, 1.807) is 29.2 Å². The van der Waals surface area contributed by atoms with E-state index < -0.39 is 6.10 Å². The average Bonchev–Trinajstić information content (AvgIpc) is 2.78. The van der Waals surface area contributed by atoms with Crippen molar-refractivity contribution in [1.82, 2.24) is 4.90 Å². The third kappa shape index (κ3) is 4.89. The summed E-state index contributed by atoms with van der Waals surface area (Å²) in [5, 5.41) is 12.5. The highest BCUT2D eigenvalue weighted by Gasteiger charge is 2.34. The van der Waals surface area contributed by atoms with E-state index in [2.05, 4.69) is 4.90 Å². The monoisotopic (exact) mass is 488 g/mol. The third-order valence-electron chi connectivity index (χ3n) is 5.76. The predicted octanol–water partition coefficient (Wildman–Crippen LogP) is 6.08. The van der Waals surface area contributed by atoms with Gasteiger partial charge in [0.25, 0.3) is 5.91 Å². The molecule has 0 bridgehead atoms. The number of rotatable bonds is 4. The second kappa shape index (κ2) is 9.72. The number of aliphatic hydroxyl groups is 1. The Kier molecular flexibility index (Phi) is 6.96. The molecule has 1 fully saturated rings. The number of benzene rings is 3. The molecule has 32 heavy (non-hydrogen) atoms. The molecule has 2 atom stereocenters. The van der Waals surface area contributed by atoms with Gasteiger partial charge in [0.05, 0.1) is 16.8 Å². The Bertz CT molecular complexity index is 1120. The van der Waals surface area contributed by atoms with E-state index in [-0.39, 0.29) is 11.9 Å². The summed E-state index contributed by atoms with van der Waals surface area (Å²) in [5.41, 5.74) is 3.50. The molecule has 4 rings (SSSR count). The Morgan fingerprint density at radius 1 is 0.969 bits per heavy atom. The molecule has 1 saturated heterocycles. The molecule has 0 aromatic heterocycles. The maximum Gasteiger partial charge on any atom is 0.256 e. The quantitative estimate of drug-likeness (QED) is 0.483. The van der Waals surface area contributed by atoms with Crippen LogP contribution >= 0.6 is 34.8 Å². The van der Waals surface area contributed by atoms with Gasteiger partial charge in [-0.1, -0.05) is 65.1 Å². The van der Waals surface area contributed by atoms with Crippen LogP contribution in [0.1, 0.15) is 28.8 Å². The van der Waals surface area contributed by atoms with E-state index >= 15 is 0 Å². The highest BCUT2D eigenvalue weighted by atomic mass is 35.5. The number of hydrogen-bond donors (Lipinski definition) is 1. The maximum absolute atomic E-state index is 13.2. The van der Waals surface area contributed by atoms with Crippen molar-refractivity contribution in [3.05, 3.63) is 98.5 Å². The first-order valence-electron chi connectivity index (χ1n) is 10.3. The Labute approximate surface area is 202 Å². The second-order valence-corrected chi connectivity index (χ2v) is 9.24. The van der Waals surface area contributed by atoms with E-state index in [1.165, 1.54) is 0 Å². The summed E-state index contributed by atoms with van der Waals surface area (Å²) >= 11 is 18.7. The molecule has 7 heteroatoms. The molecule has 0 saturated carbocycles. The summed E-state index contributed by atoms with van der Waals surface area (Å²) < 4.78 is 0. The first-order chi connectivity index (χ1) is 15.3. The molecule has 1 heterocycles. The van der Waals surface area contributed by atoms with E-state index in [1.807, 2.05) is 49.4 Å². The third-order valence-corrected chi connectivity index (χ3v) is 6.55. The summed E-state index contributed by atoms with van der Waals surface area (Å²) in [7, 11) is 0. The van der Waals surface area contributed by atoms with Gasteiger partial charge in [0.15, 0.2) is 6.10 Å². The smallest absolute Gasteiger partial charge is 0.256 e. The fourth-order valence-electron chi connectivity index (χ4n) is 4.08. The number of halogens is 3. The van der Waals surface area contributed by atoms with Gasteiger partial charge in [-0.3, -0.25) is 4.79 Å². The minimum Gasteiger partial charge on any atom is -0.378 e. The van der Waals surface area contributed by atoms with Crippen molar-refractivity contribution in [1.29, 1.82) is 0 Å². The van der Waals surface area contributed by atoms with Crippen LogP contribution in [0.3, 0.4) is 0 Å². The van der Waals surface area contributed by atoms with Crippen LogP contribution in [-0.4, -0.2) is 35.5 Å². The molecular formula is C25H23Cl3N2O2. The molecule has 3 aromatic carbocycles. The summed E-state index contributed by atoms with van der Waals surface area (Å²) in [6.07, 6.45) is -1.27. The molecule has 0 spiro atoms. The lowest BCUT2D eigenvalue weighted by Gasteiger charge is -2.44. The van der Waals surface area contributed by atoms with Gasteiger partial charge in [-0.25, -0.2) is 0 Å². The van der Waals surface area contributed by atoms with Gasteiger partial charge in [0, 0.05) is 29.7 Å². The van der Waals surface area contributed by atoms with E-state index in [0.29, 0.717) is 40.3 Å². The van der Waals surface area contributed by atoms with E-state index in [4.69, 9.17) is 34.8 Å². The van der Waals surface area contributed by atoms with Crippen LogP contribution in [0.5, 0.6) is 0 Å². The Hall–Kier alpha value is -2.24. The van der Waals surface area contributed by atoms with E-state index in [0.717, 1.165) is 16.8 Å². The number of carbonyl (C=O) groups is 1. The largest absolute Gasteiger partial charge is 0.378 e. The van der Waals surface area contributed by atoms with Crippen molar-refractivity contribution in [2.75, 3.05) is 24.5 Å². The van der Waals surface area contributed by atoms with Gasteiger partial charge < -0.3 is 14.9 Å². The molecule has 166 valence electrons. The molecular weight excluding hydrogens is 467 g/mol. The van der Waals surface area contributed by atoms with Crippen LogP contribution < -0.4 is 4.90 Å². The summed E-state index contributed by atoms with van der Waals surface area (Å²) in [6.45, 7) is 3.44. The first kappa shape index (κ1) is 22.9. The molecule has 0 radical (unpaired) electrons. The summed E-state index contributed by atoms with van der Waals surface area (Å²) in [6, 6.07) is 20.2. The van der Waals surface area contributed by atoms with E-state index in [9.17, 15) is 9.90 Å². The second-order valence-electron chi connectivity index (χ2n) is 7.96. The van der Waals surface area contributed by atoms with Crippen LogP contribution in [0.25, 0.3) is 0 Å². The zero-order valence-electron chi connectivity index (χ0n) is 17.5. The number of piperazine rings is 1. The van der Waals surface area contributed by atoms with Crippen molar-refractivity contribution in [2.24, 2.45) is 0 Å². The van der Waals surface area contributed by atoms with Crippen LogP contribution in [0.4, 0.5) is 5.69 Å². The predicted molar refractivity (Wildman–Crippen MR) is 131 cm³/mol. The molecule has 1 aliphatic rings. The average molecular weight is 490 g/mol. The van der Waals surface area contributed by atoms with Crippen molar-refractivity contribution in [3.63, 3.8) is 0 Å². The van der Waals surface area contributed by atoms with Gasteiger partial charge >= 0.3 is 0 Å². The van der Waals surface area contributed by atoms with Crippen molar-refractivity contribution in [3.8, 4) is 0 Å². The zero-order valence-corrected chi connectivity index (χ0v) is 19.8. The molecule has 1 N–H and O–H groups in total. The van der Waals surface area contributed by atoms with Gasteiger partial charge in [-0.2, -0.15) is 0 Å². The zero-order chi connectivity index (χ0) is 22.8. The van der Waals surface area contributed by atoms with Crippen LogP contribution in [0.2, 0.25) is 15.1 Å². The molecule has 1 unspecified atom stereocenters. The SMILES string of the molecule is Cc1ccc(N2CCN(C(=O)C(O)c3cccc(Cl)c3)C[C@H]2c2ccc(Cl)cc2)c(Cl)c1. The molecule has 1 amide bonds.